The molecule has 6 aromatic rings. The molecular weight excluding hydrogens is 588 g/mol. The van der Waals surface area contributed by atoms with E-state index in [1.54, 1.807) is 0 Å². The zero-order valence-electron chi connectivity index (χ0n) is 24.4. The number of hydrogen-bond donors (Lipinski definition) is 0. The smallest absolute Gasteiger partial charge is 0 e. The van der Waals surface area contributed by atoms with Gasteiger partial charge in [-0.2, -0.15) is 6.07 Å². The van der Waals surface area contributed by atoms with Gasteiger partial charge < -0.3 is 34.5 Å². The van der Waals surface area contributed by atoms with Gasteiger partial charge in [0, 0.05) is 17.1 Å². The Balaban J connectivity index is 0.000000193. The van der Waals surface area contributed by atoms with E-state index in [-0.39, 0.29) is 17.1 Å². The van der Waals surface area contributed by atoms with Gasteiger partial charge in [-0.3, -0.25) is 0 Å². The molecule has 0 bridgehead atoms. The Morgan fingerprint density at radius 2 is 0.976 bits per heavy atom. The van der Waals surface area contributed by atoms with Gasteiger partial charge in [0.05, 0.1) is 0 Å². The van der Waals surface area contributed by atoms with Crippen molar-refractivity contribution in [3.8, 4) is 0 Å². The van der Waals surface area contributed by atoms with Crippen molar-refractivity contribution in [1.82, 2.24) is 4.90 Å². The molecule has 42 heavy (non-hydrogen) atoms. The van der Waals surface area contributed by atoms with Crippen molar-refractivity contribution in [3.05, 3.63) is 169 Å². The van der Waals surface area contributed by atoms with Gasteiger partial charge in [-0.05, 0) is 38.7 Å². The second kappa shape index (κ2) is 16.0. The summed E-state index contributed by atoms with van der Waals surface area (Å²) < 4.78 is 0. The first-order chi connectivity index (χ1) is 20.1. The van der Waals surface area contributed by atoms with Crippen LogP contribution in [0.3, 0.4) is 0 Å². The first-order valence-corrected chi connectivity index (χ1v) is 16.8. The molecule has 0 aliphatic carbocycles. The van der Waals surface area contributed by atoms with Crippen LogP contribution in [0.1, 0.15) is 18.5 Å². The maximum atomic E-state index is 2.31. The largest absolute Gasteiger partial charge is 0.747 e. The Morgan fingerprint density at radius 3 is 1.38 bits per heavy atom. The molecule has 0 aliphatic rings. The summed E-state index contributed by atoms with van der Waals surface area (Å²) in [6.45, 7) is 2.28. The van der Waals surface area contributed by atoms with Gasteiger partial charge in [0.1, 0.15) is 0 Å². The molecule has 1 atom stereocenters. The minimum absolute atomic E-state index is 0. The van der Waals surface area contributed by atoms with Crippen molar-refractivity contribution in [1.29, 1.82) is 0 Å². The topological polar surface area (TPSA) is 3.24 Å². The summed E-state index contributed by atoms with van der Waals surface area (Å²) in [7, 11) is 3.37. The van der Waals surface area contributed by atoms with Crippen LogP contribution in [0.5, 0.6) is 0 Å². The van der Waals surface area contributed by atoms with Crippen molar-refractivity contribution < 1.29 is 17.1 Å². The number of benzene rings is 4. The Labute approximate surface area is 265 Å². The van der Waals surface area contributed by atoms with Crippen LogP contribution >= 0.6 is 15.8 Å². The number of hydrogen-bond acceptors (Lipinski definition) is 1. The Hall–Kier alpha value is -3.08. The zero-order chi connectivity index (χ0) is 28.4. The maximum Gasteiger partial charge on any atom is 0 e. The van der Waals surface area contributed by atoms with Crippen LogP contribution in [-0.2, 0) is 17.1 Å². The van der Waals surface area contributed by atoms with E-state index in [2.05, 4.69) is 190 Å². The number of nitrogens with zero attached hydrogens (tertiary/aromatic N) is 1. The first-order valence-electron chi connectivity index (χ1n) is 14.1. The van der Waals surface area contributed by atoms with Crippen LogP contribution in [0, 0.1) is 0 Å². The van der Waals surface area contributed by atoms with Crippen LogP contribution in [-0.4, -0.2) is 19.0 Å². The van der Waals surface area contributed by atoms with Gasteiger partial charge in [-0.15, -0.1) is 10.9 Å². The fraction of sp³-hybridized carbons (Fsp3) is 0.105. The van der Waals surface area contributed by atoms with E-state index in [0.29, 0.717) is 6.04 Å². The fourth-order valence-electron chi connectivity index (χ4n) is 4.96. The van der Waals surface area contributed by atoms with Gasteiger partial charge in [-0.1, -0.05) is 139 Å². The molecule has 6 rings (SSSR count). The summed E-state index contributed by atoms with van der Waals surface area (Å²) in [6, 6.07) is 59.3. The molecule has 0 fully saturated rings. The van der Waals surface area contributed by atoms with Gasteiger partial charge in [0.15, 0.2) is 0 Å². The van der Waals surface area contributed by atoms with E-state index < -0.39 is 15.8 Å². The van der Waals surface area contributed by atoms with Crippen molar-refractivity contribution in [3.63, 3.8) is 0 Å². The third-order valence-corrected chi connectivity index (χ3v) is 12.2. The second-order valence-corrected chi connectivity index (χ2v) is 14.6. The van der Waals surface area contributed by atoms with Crippen molar-refractivity contribution in [2.75, 3.05) is 14.1 Å². The minimum atomic E-state index is -0.514. The van der Waals surface area contributed by atoms with E-state index in [9.17, 15) is 0 Å². The zero-order valence-corrected chi connectivity index (χ0v) is 27.3. The van der Waals surface area contributed by atoms with E-state index in [1.807, 2.05) is 0 Å². The Kier molecular flexibility index (Phi) is 12.1. The average Bonchev–Trinajstić information content (AvgIpc) is 3.73. The standard InChI is InChI=1S/C21H23NP.C17H14P.Fe/c1-17(22(2)3)20-15-10-16-21(20)23(18-11-6-4-7-12-18)19-13-8-5-9-14-19;1-3-9-15(10-4-1)18(17-13-7-8-14-17)16-11-5-2-6-12-16;/h4-17H,1-3H3;1-14H;/q-1;-5;/t17-;;/m1../s1. The molecule has 1 nitrogen and oxygen atoms in total. The molecule has 0 heterocycles. The van der Waals surface area contributed by atoms with Crippen molar-refractivity contribution in [2.45, 2.75) is 13.0 Å². The van der Waals surface area contributed by atoms with E-state index in [0.717, 1.165) is 0 Å². The van der Waals surface area contributed by atoms with E-state index in [4.69, 9.17) is 0 Å². The summed E-state index contributed by atoms with van der Waals surface area (Å²) in [5.74, 6) is 0. The van der Waals surface area contributed by atoms with Crippen LogP contribution in [0.25, 0.3) is 0 Å². The molecule has 6 aromatic carbocycles. The molecule has 0 N–H and O–H groups in total. The third-order valence-electron chi connectivity index (χ3n) is 7.25. The SMILES string of the molecule is C[C@H]([c-]1cccc1P(c1ccccc1)c1ccccc1)N(C)C.[Fe].c1ccc(P(c2ccccc2)[c-]2[cH-][cH-][cH-][cH-]2)cc1. The van der Waals surface area contributed by atoms with Gasteiger partial charge >= 0.3 is 0 Å². The molecule has 0 aromatic heterocycles. The molecule has 0 unspecified atom stereocenters. The van der Waals surface area contributed by atoms with Crippen molar-refractivity contribution in [2.24, 2.45) is 0 Å². The Morgan fingerprint density at radius 1 is 0.571 bits per heavy atom. The molecule has 218 valence electrons. The van der Waals surface area contributed by atoms with E-state index >= 15 is 0 Å². The quantitative estimate of drug-likeness (QED) is 0.101. The molecular formula is C38H37FeNP2-6. The summed E-state index contributed by atoms with van der Waals surface area (Å²) in [6.07, 6.45) is 0. The first kappa shape index (κ1) is 31.8. The molecule has 0 aliphatic heterocycles. The van der Waals surface area contributed by atoms with Gasteiger partial charge in [-0.25, -0.2) is 20.1 Å². The third kappa shape index (κ3) is 7.85. The van der Waals surface area contributed by atoms with Crippen molar-refractivity contribution >= 4 is 47.7 Å². The van der Waals surface area contributed by atoms with Gasteiger partial charge in [0.25, 0.3) is 0 Å². The molecule has 0 radical (unpaired) electrons. The summed E-state index contributed by atoms with van der Waals surface area (Å²) in [4.78, 5) is 2.28. The minimum Gasteiger partial charge on any atom is -0.747 e. The van der Waals surface area contributed by atoms with Crippen LogP contribution in [0.2, 0.25) is 0 Å². The molecule has 0 amide bonds. The Bertz CT molecular complexity index is 1490. The van der Waals surface area contributed by atoms with Gasteiger partial charge in [0.2, 0.25) is 0 Å². The molecule has 0 spiro atoms. The fourth-order valence-corrected chi connectivity index (χ4v) is 9.81. The summed E-state index contributed by atoms with van der Waals surface area (Å²) in [5.41, 5.74) is 1.44. The average molecular weight is 626 g/mol. The normalized spacial score (nSPS) is 11.6. The summed E-state index contributed by atoms with van der Waals surface area (Å²) in [5, 5.41) is 8.52. The van der Waals surface area contributed by atoms with Crippen LogP contribution < -0.4 is 31.8 Å². The van der Waals surface area contributed by atoms with E-state index in [1.165, 1.54) is 37.4 Å². The number of rotatable bonds is 8. The second-order valence-electron chi connectivity index (χ2n) is 10.2. The summed E-state index contributed by atoms with van der Waals surface area (Å²) >= 11 is 0. The maximum absolute atomic E-state index is 2.31. The molecule has 0 saturated heterocycles. The molecule has 4 heteroatoms. The van der Waals surface area contributed by atoms with Crippen LogP contribution in [0.15, 0.2) is 164 Å². The van der Waals surface area contributed by atoms with Crippen LogP contribution in [0.4, 0.5) is 0 Å². The molecule has 0 saturated carbocycles. The monoisotopic (exact) mass is 625 g/mol. The predicted octanol–water partition coefficient (Wildman–Crippen LogP) is 6.95. The predicted molar refractivity (Wildman–Crippen MR) is 184 cm³/mol.